The third-order valence-electron chi connectivity index (χ3n) is 4.21. The molecule has 0 aliphatic rings. The minimum atomic E-state index is 0.318. The molecule has 3 atom stereocenters. The first-order valence-corrected chi connectivity index (χ1v) is 7.92. The molecule has 1 N–H and O–H groups in total. The van der Waals surface area contributed by atoms with Gasteiger partial charge in [-0.25, -0.2) is 0 Å². The molecule has 3 unspecified atom stereocenters. The smallest absolute Gasteiger partial charge is 0.123 e. The van der Waals surface area contributed by atoms with Gasteiger partial charge in [-0.3, -0.25) is 0 Å². The van der Waals surface area contributed by atoms with Crippen LogP contribution in [0.1, 0.15) is 64.1 Å². The second kappa shape index (κ2) is 8.31. The van der Waals surface area contributed by atoms with Crippen LogP contribution in [-0.2, 0) is 0 Å². The Morgan fingerprint density at radius 1 is 1.15 bits per heavy atom. The number of benzene rings is 1. The first-order valence-electron chi connectivity index (χ1n) is 7.92. The fourth-order valence-corrected chi connectivity index (χ4v) is 2.64. The third kappa shape index (κ3) is 4.82. The Hall–Kier alpha value is -1.02. The van der Waals surface area contributed by atoms with Gasteiger partial charge in [-0.1, -0.05) is 44.9 Å². The number of ether oxygens (including phenoxy) is 1. The van der Waals surface area contributed by atoms with E-state index in [1.165, 1.54) is 30.4 Å². The van der Waals surface area contributed by atoms with Crippen molar-refractivity contribution in [3.63, 3.8) is 0 Å². The van der Waals surface area contributed by atoms with Crippen molar-refractivity contribution in [3.05, 3.63) is 29.3 Å². The summed E-state index contributed by atoms with van der Waals surface area (Å²) in [6.07, 6.45) is 3.66. The molecule has 0 radical (unpaired) electrons. The van der Waals surface area contributed by atoms with E-state index in [-0.39, 0.29) is 0 Å². The predicted octanol–water partition coefficient (Wildman–Crippen LogP) is 4.87. The van der Waals surface area contributed by atoms with Crippen LogP contribution in [0.2, 0.25) is 0 Å². The van der Waals surface area contributed by atoms with E-state index in [2.05, 4.69) is 58.1 Å². The van der Waals surface area contributed by atoms with Crippen molar-refractivity contribution in [2.45, 2.75) is 66.0 Å². The molecule has 0 spiro atoms. The molecular weight excluding hydrogens is 246 g/mol. The molecule has 1 aromatic carbocycles. The molecule has 0 amide bonds. The van der Waals surface area contributed by atoms with Gasteiger partial charge in [0.15, 0.2) is 0 Å². The molecule has 20 heavy (non-hydrogen) atoms. The van der Waals surface area contributed by atoms with Crippen molar-refractivity contribution < 1.29 is 4.74 Å². The van der Waals surface area contributed by atoms with E-state index in [1.54, 1.807) is 7.11 Å². The second-order valence-corrected chi connectivity index (χ2v) is 5.99. The zero-order valence-corrected chi connectivity index (χ0v) is 14.0. The van der Waals surface area contributed by atoms with Crippen LogP contribution in [0.15, 0.2) is 18.2 Å². The lowest BCUT2D eigenvalue weighted by Crippen LogP contribution is -2.32. The molecule has 0 aliphatic carbocycles. The van der Waals surface area contributed by atoms with Crippen LogP contribution >= 0.6 is 0 Å². The number of methoxy groups -OCH3 is 1. The summed E-state index contributed by atoms with van der Waals surface area (Å²) in [7, 11) is 1.75. The van der Waals surface area contributed by atoms with Crippen LogP contribution in [0.25, 0.3) is 0 Å². The Kier molecular flexibility index (Phi) is 7.08. The van der Waals surface area contributed by atoms with Crippen molar-refractivity contribution >= 4 is 0 Å². The molecule has 0 saturated heterocycles. The summed E-state index contributed by atoms with van der Waals surface area (Å²) in [5.41, 5.74) is 2.54. The van der Waals surface area contributed by atoms with Gasteiger partial charge in [0.1, 0.15) is 5.75 Å². The van der Waals surface area contributed by atoms with Crippen molar-refractivity contribution in [3.8, 4) is 5.75 Å². The minimum absolute atomic E-state index is 0.318. The van der Waals surface area contributed by atoms with Gasteiger partial charge in [0.2, 0.25) is 0 Å². The standard InChI is InChI=1S/C18H31NO/c1-7-13(3)11-16(8-2)19-15(5)17-12-14(4)9-10-18(17)20-6/h9-10,12-13,15-16,19H,7-8,11H2,1-6H3. The summed E-state index contributed by atoms with van der Waals surface area (Å²) in [6, 6.07) is 7.29. The van der Waals surface area contributed by atoms with Gasteiger partial charge < -0.3 is 10.1 Å². The SMILES string of the molecule is CCC(C)CC(CC)NC(C)c1cc(C)ccc1OC. The van der Waals surface area contributed by atoms with Gasteiger partial charge in [0.25, 0.3) is 0 Å². The van der Waals surface area contributed by atoms with Crippen LogP contribution in [0.3, 0.4) is 0 Å². The molecule has 1 aromatic rings. The molecule has 0 heterocycles. The van der Waals surface area contributed by atoms with E-state index < -0.39 is 0 Å². The highest BCUT2D eigenvalue weighted by Gasteiger charge is 2.17. The highest BCUT2D eigenvalue weighted by molar-refractivity contribution is 5.38. The normalized spacial score (nSPS) is 15.7. The lowest BCUT2D eigenvalue weighted by atomic mass is 9.96. The minimum Gasteiger partial charge on any atom is -0.496 e. The molecule has 0 aromatic heterocycles. The fraction of sp³-hybridized carbons (Fsp3) is 0.667. The van der Waals surface area contributed by atoms with E-state index in [4.69, 9.17) is 4.74 Å². The maximum atomic E-state index is 5.50. The molecule has 0 fully saturated rings. The highest BCUT2D eigenvalue weighted by atomic mass is 16.5. The summed E-state index contributed by atoms with van der Waals surface area (Å²) in [4.78, 5) is 0. The number of nitrogens with one attached hydrogen (secondary N) is 1. The number of aryl methyl sites for hydroxylation is 1. The van der Waals surface area contributed by atoms with E-state index in [0.29, 0.717) is 12.1 Å². The maximum Gasteiger partial charge on any atom is 0.123 e. The van der Waals surface area contributed by atoms with Gasteiger partial charge in [-0.2, -0.15) is 0 Å². The lowest BCUT2D eigenvalue weighted by Gasteiger charge is -2.26. The molecular formula is C18H31NO. The van der Waals surface area contributed by atoms with Crippen LogP contribution < -0.4 is 10.1 Å². The number of hydrogen-bond acceptors (Lipinski definition) is 2. The Bertz CT molecular complexity index is 402. The largest absolute Gasteiger partial charge is 0.496 e. The Morgan fingerprint density at radius 2 is 1.85 bits per heavy atom. The first kappa shape index (κ1) is 17.0. The maximum absolute atomic E-state index is 5.50. The van der Waals surface area contributed by atoms with Gasteiger partial charge in [0, 0.05) is 17.6 Å². The third-order valence-corrected chi connectivity index (χ3v) is 4.21. The second-order valence-electron chi connectivity index (χ2n) is 5.99. The Balaban J connectivity index is 2.78. The Labute approximate surface area is 124 Å². The van der Waals surface area contributed by atoms with Crippen molar-refractivity contribution in [2.24, 2.45) is 5.92 Å². The molecule has 0 saturated carbocycles. The molecule has 0 bridgehead atoms. The summed E-state index contributed by atoms with van der Waals surface area (Å²) >= 11 is 0. The molecule has 2 nitrogen and oxygen atoms in total. The van der Waals surface area contributed by atoms with Gasteiger partial charge in [-0.15, -0.1) is 0 Å². The Morgan fingerprint density at radius 3 is 2.40 bits per heavy atom. The van der Waals surface area contributed by atoms with Crippen LogP contribution in [0, 0.1) is 12.8 Å². The topological polar surface area (TPSA) is 21.3 Å². The van der Waals surface area contributed by atoms with Gasteiger partial charge in [0.05, 0.1) is 7.11 Å². The fourth-order valence-electron chi connectivity index (χ4n) is 2.64. The molecule has 0 aliphatic heterocycles. The molecule has 114 valence electrons. The lowest BCUT2D eigenvalue weighted by molar-refractivity contribution is 0.349. The van der Waals surface area contributed by atoms with Crippen molar-refractivity contribution in [1.82, 2.24) is 5.32 Å². The quantitative estimate of drug-likeness (QED) is 0.732. The summed E-state index contributed by atoms with van der Waals surface area (Å²) in [5.74, 6) is 1.76. The van der Waals surface area contributed by atoms with Gasteiger partial charge in [-0.05, 0) is 38.7 Å². The van der Waals surface area contributed by atoms with Crippen LogP contribution in [0.4, 0.5) is 0 Å². The summed E-state index contributed by atoms with van der Waals surface area (Å²) in [5, 5.41) is 3.77. The average molecular weight is 277 g/mol. The van der Waals surface area contributed by atoms with Gasteiger partial charge >= 0.3 is 0 Å². The van der Waals surface area contributed by atoms with Crippen molar-refractivity contribution in [2.75, 3.05) is 7.11 Å². The average Bonchev–Trinajstić information content (AvgIpc) is 2.45. The first-order chi connectivity index (χ1) is 9.51. The molecule has 1 rings (SSSR count). The zero-order chi connectivity index (χ0) is 15.1. The highest BCUT2D eigenvalue weighted by Crippen LogP contribution is 2.27. The summed E-state index contributed by atoms with van der Waals surface area (Å²) in [6.45, 7) is 11.2. The zero-order valence-electron chi connectivity index (χ0n) is 14.0. The van der Waals surface area contributed by atoms with E-state index >= 15 is 0 Å². The summed E-state index contributed by atoms with van der Waals surface area (Å²) < 4.78 is 5.50. The van der Waals surface area contributed by atoms with Crippen LogP contribution in [-0.4, -0.2) is 13.2 Å². The monoisotopic (exact) mass is 277 g/mol. The van der Waals surface area contributed by atoms with Crippen molar-refractivity contribution in [1.29, 1.82) is 0 Å². The molecule has 2 heteroatoms. The number of rotatable bonds is 8. The van der Waals surface area contributed by atoms with E-state index in [0.717, 1.165) is 11.7 Å². The van der Waals surface area contributed by atoms with Crippen LogP contribution in [0.5, 0.6) is 5.75 Å². The van der Waals surface area contributed by atoms with E-state index in [1.807, 2.05) is 0 Å². The predicted molar refractivity (Wildman–Crippen MR) is 87.4 cm³/mol. The van der Waals surface area contributed by atoms with E-state index in [9.17, 15) is 0 Å². The number of hydrogen-bond donors (Lipinski definition) is 1.